The van der Waals surface area contributed by atoms with E-state index in [0.29, 0.717) is 28.7 Å². The van der Waals surface area contributed by atoms with Crippen molar-refractivity contribution < 1.29 is 18.3 Å². The summed E-state index contributed by atoms with van der Waals surface area (Å²) in [6, 6.07) is 10.2. The Morgan fingerprint density at radius 3 is 2.37 bits per heavy atom. The predicted molar refractivity (Wildman–Crippen MR) is 99.2 cm³/mol. The second-order valence-electron chi connectivity index (χ2n) is 5.66. The van der Waals surface area contributed by atoms with E-state index in [-0.39, 0.29) is 11.6 Å². The number of anilines is 4. The molecule has 3 aromatic rings. The summed E-state index contributed by atoms with van der Waals surface area (Å²) >= 11 is 0. The van der Waals surface area contributed by atoms with Crippen LogP contribution >= 0.6 is 0 Å². The van der Waals surface area contributed by atoms with Crippen LogP contribution in [0.1, 0.15) is 5.69 Å². The zero-order valence-electron chi connectivity index (χ0n) is 15.0. The lowest BCUT2D eigenvalue weighted by atomic mass is 10.2. The first-order valence-electron chi connectivity index (χ1n) is 8.05. The van der Waals surface area contributed by atoms with Gasteiger partial charge in [-0.05, 0) is 31.2 Å². The Hall–Kier alpha value is -3.42. The van der Waals surface area contributed by atoms with Gasteiger partial charge in [-0.3, -0.25) is 0 Å². The number of rotatable bonds is 6. The Bertz CT molecular complexity index is 966. The van der Waals surface area contributed by atoms with Crippen LogP contribution in [0.15, 0.2) is 42.5 Å². The van der Waals surface area contributed by atoms with Gasteiger partial charge in [0.05, 0.1) is 25.6 Å². The number of hydrogen-bond acceptors (Lipinski definition) is 6. The highest BCUT2D eigenvalue weighted by Crippen LogP contribution is 2.31. The summed E-state index contributed by atoms with van der Waals surface area (Å²) in [6.07, 6.45) is 0. The maximum absolute atomic E-state index is 13.9. The summed E-state index contributed by atoms with van der Waals surface area (Å²) in [5, 5.41) is 5.90. The van der Waals surface area contributed by atoms with Gasteiger partial charge in [0, 0.05) is 23.9 Å². The number of halogens is 2. The van der Waals surface area contributed by atoms with Gasteiger partial charge in [0.1, 0.15) is 29.0 Å². The molecule has 1 aromatic heterocycles. The standard InChI is InChI=1S/C19H18F2N4O2/c1-11-8-18(23-15-6-4-12(20)9-14(15)21)25-19(22-11)24-16-10-13(26-2)5-7-17(16)27-3/h4-10H,1-3H3,(H2,22,23,24,25). The fraction of sp³-hybridized carbons (Fsp3) is 0.158. The van der Waals surface area contributed by atoms with E-state index >= 15 is 0 Å². The molecule has 27 heavy (non-hydrogen) atoms. The molecule has 3 rings (SSSR count). The van der Waals surface area contributed by atoms with Crippen molar-refractivity contribution in [2.75, 3.05) is 24.9 Å². The second-order valence-corrected chi connectivity index (χ2v) is 5.66. The van der Waals surface area contributed by atoms with Crippen LogP contribution in [0, 0.1) is 18.6 Å². The number of methoxy groups -OCH3 is 2. The summed E-state index contributed by atoms with van der Waals surface area (Å²) in [7, 11) is 3.11. The number of hydrogen-bond donors (Lipinski definition) is 2. The van der Waals surface area contributed by atoms with Gasteiger partial charge >= 0.3 is 0 Å². The van der Waals surface area contributed by atoms with Crippen LogP contribution in [-0.4, -0.2) is 24.2 Å². The predicted octanol–water partition coefficient (Wildman–Crippen LogP) is 4.57. The first-order valence-corrected chi connectivity index (χ1v) is 8.05. The fourth-order valence-electron chi connectivity index (χ4n) is 2.45. The van der Waals surface area contributed by atoms with Crippen molar-refractivity contribution >= 4 is 23.1 Å². The Labute approximate surface area is 155 Å². The summed E-state index contributed by atoms with van der Waals surface area (Å²) in [6.45, 7) is 1.78. The normalized spacial score (nSPS) is 10.4. The molecule has 0 aliphatic heterocycles. The molecule has 0 fully saturated rings. The van der Waals surface area contributed by atoms with Crippen LogP contribution in [-0.2, 0) is 0 Å². The zero-order chi connectivity index (χ0) is 19.4. The zero-order valence-corrected chi connectivity index (χ0v) is 15.0. The van der Waals surface area contributed by atoms with Gasteiger partial charge < -0.3 is 20.1 Å². The topological polar surface area (TPSA) is 68.3 Å². The first-order chi connectivity index (χ1) is 13.0. The van der Waals surface area contributed by atoms with E-state index in [9.17, 15) is 8.78 Å². The van der Waals surface area contributed by atoms with Gasteiger partial charge in [-0.15, -0.1) is 0 Å². The lowest BCUT2D eigenvalue weighted by molar-refractivity contribution is 0.405. The maximum atomic E-state index is 13.9. The molecule has 0 atom stereocenters. The third-order valence-electron chi connectivity index (χ3n) is 3.70. The minimum Gasteiger partial charge on any atom is -0.497 e. The molecule has 2 N–H and O–H groups in total. The van der Waals surface area contributed by atoms with Crippen LogP contribution in [0.3, 0.4) is 0 Å². The van der Waals surface area contributed by atoms with E-state index in [4.69, 9.17) is 9.47 Å². The summed E-state index contributed by atoms with van der Waals surface area (Å²) in [5.41, 5.74) is 1.38. The second kappa shape index (κ2) is 7.86. The molecule has 0 saturated carbocycles. The summed E-state index contributed by atoms with van der Waals surface area (Å²) in [5.74, 6) is 0.501. The molecular weight excluding hydrogens is 354 g/mol. The number of ether oxygens (including phenoxy) is 2. The highest BCUT2D eigenvalue weighted by Gasteiger charge is 2.10. The average molecular weight is 372 g/mol. The van der Waals surface area contributed by atoms with Gasteiger partial charge in [0.25, 0.3) is 0 Å². The minimum atomic E-state index is -0.713. The van der Waals surface area contributed by atoms with Crippen LogP contribution < -0.4 is 20.1 Å². The molecule has 6 nitrogen and oxygen atoms in total. The molecule has 2 aromatic carbocycles. The van der Waals surface area contributed by atoms with E-state index in [0.717, 1.165) is 6.07 Å². The van der Waals surface area contributed by atoms with Crippen LogP contribution in [0.5, 0.6) is 11.5 Å². The van der Waals surface area contributed by atoms with Gasteiger partial charge in [-0.25, -0.2) is 13.8 Å². The highest BCUT2D eigenvalue weighted by atomic mass is 19.1. The smallest absolute Gasteiger partial charge is 0.229 e. The molecule has 140 valence electrons. The van der Waals surface area contributed by atoms with Crippen molar-refractivity contribution in [2.24, 2.45) is 0 Å². The lowest BCUT2D eigenvalue weighted by Gasteiger charge is -2.13. The molecule has 0 saturated heterocycles. The molecule has 0 amide bonds. The summed E-state index contributed by atoms with van der Waals surface area (Å²) in [4.78, 5) is 8.65. The molecular formula is C19H18F2N4O2. The molecule has 1 heterocycles. The quantitative estimate of drug-likeness (QED) is 0.661. The third-order valence-corrected chi connectivity index (χ3v) is 3.70. The maximum Gasteiger partial charge on any atom is 0.229 e. The average Bonchev–Trinajstić information content (AvgIpc) is 2.63. The lowest BCUT2D eigenvalue weighted by Crippen LogP contribution is -2.04. The van der Waals surface area contributed by atoms with Crippen molar-refractivity contribution in [3.05, 3.63) is 59.8 Å². The van der Waals surface area contributed by atoms with Crippen molar-refractivity contribution in [1.82, 2.24) is 9.97 Å². The van der Waals surface area contributed by atoms with Gasteiger partial charge in [-0.2, -0.15) is 4.98 Å². The van der Waals surface area contributed by atoms with E-state index in [2.05, 4.69) is 20.6 Å². The van der Waals surface area contributed by atoms with E-state index in [1.165, 1.54) is 12.1 Å². The van der Waals surface area contributed by atoms with Crippen molar-refractivity contribution in [1.29, 1.82) is 0 Å². The Kier molecular flexibility index (Phi) is 5.35. The number of aromatic nitrogens is 2. The molecule has 0 unspecified atom stereocenters. The van der Waals surface area contributed by atoms with Crippen molar-refractivity contribution in [2.45, 2.75) is 6.92 Å². The molecule has 0 aliphatic rings. The van der Waals surface area contributed by atoms with Gasteiger partial charge in [-0.1, -0.05) is 0 Å². The minimum absolute atomic E-state index is 0.111. The third kappa shape index (κ3) is 4.41. The number of benzene rings is 2. The van der Waals surface area contributed by atoms with Crippen molar-refractivity contribution in [3.63, 3.8) is 0 Å². The largest absolute Gasteiger partial charge is 0.497 e. The van der Waals surface area contributed by atoms with Gasteiger partial charge in [0.2, 0.25) is 5.95 Å². The molecule has 0 radical (unpaired) electrons. The number of aryl methyl sites for hydroxylation is 1. The SMILES string of the molecule is COc1ccc(OC)c(Nc2nc(C)cc(Nc3ccc(F)cc3F)n2)c1. The molecule has 0 spiro atoms. The van der Waals surface area contributed by atoms with Crippen LogP contribution in [0.4, 0.5) is 31.9 Å². The summed E-state index contributed by atoms with van der Waals surface area (Å²) < 4.78 is 37.5. The van der Waals surface area contributed by atoms with Crippen LogP contribution in [0.2, 0.25) is 0 Å². The van der Waals surface area contributed by atoms with E-state index < -0.39 is 11.6 Å². The van der Waals surface area contributed by atoms with Crippen molar-refractivity contribution in [3.8, 4) is 11.5 Å². The van der Waals surface area contributed by atoms with E-state index in [1.807, 2.05) is 0 Å². The number of nitrogens with zero attached hydrogens (tertiary/aromatic N) is 2. The van der Waals surface area contributed by atoms with Gasteiger partial charge in [0.15, 0.2) is 0 Å². The van der Waals surface area contributed by atoms with Crippen LogP contribution in [0.25, 0.3) is 0 Å². The number of nitrogens with one attached hydrogen (secondary N) is 2. The molecule has 0 aliphatic carbocycles. The Balaban J connectivity index is 1.90. The highest BCUT2D eigenvalue weighted by molar-refractivity contribution is 5.66. The van der Waals surface area contributed by atoms with E-state index in [1.54, 1.807) is 45.4 Å². The molecule has 8 heteroatoms. The molecule has 0 bridgehead atoms. The Morgan fingerprint density at radius 2 is 1.67 bits per heavy atom. The fourth-order valence-corrected chi connectivity index (χ4v) is 2.45. The first kappa shape index (κ1) is 18.4. The monoisotopic (exact) mass is 372 g/mol. The Morgan fingerprint density at radius 1 is 0.852 bits per heavy atom.